The molecule has 2 heteroatoms. The van der Waals surface area contributed by atoms with Gasteiger partial charge < -0.3 is 9.80 Å². The molecule has 0 amide bonds. The minimum atomic E-state index is 1.11. The maximum absolute atomic E-state index is 2.34. The fraction of sp³-hybridized carbons (Fsp3) is 0. The van der Waals surface area contributed by atoms with Crippen molar-refractivity contribution in [1.29, 1.82) is 0 Å². The molecule has 7 aromatic rings. The number of hydrogen-bond donors (Lipinski definition) is 0. The zero-order chi connectivity index (χ0) is 26.7. The topological polar surface area (TPSA) is 6.48 Å². The first kappa shape index (κ1) is 23.8. The van der Waals surface area contributed by atoms with Crippen LogP contribution in [-0.2, 0) is 0 Å². The Morgan fingerprint density at radius 2 is 0.575 bits per heavy atom. The molecule has 0 fully saturated rings. The number of anilines is 6. The second-order valence-electron chi connectivity index (χ2n) is 9.85. The van der Waals surface area contributed by atoms with E-state index < -0.39 is 0 Å². The summed E-state index contributed by atoms with van der Waals surface area (Å²) in [7, 11) is 0. The molecule has 0 aliphatic rings. The second-order valence-corrected chi connectivity index (χ2v) is 9.85. The molecule has 7 aromatic carbocycles. The highest BCUT2D eigenvalue weighted by Gasteiger charge is 2.18. The Hall–Kier alpha value is -5.34. The molecular weight excluding hydrogens is 484 g/mol. The van der Waals surface area contributed by atoms with E-state index in [1.54, 1.807) is 0 Å². The van der Waals surface area contributed by atoms with Crippen LogP contribution in [0.25, 0.3) is 21.5 Å². The maximum Gasteiger partial charge on any atom is 0.0540 e. The van der Waals surface area contributed by atoms with Gasteiger partial charge in [0.2, 0.25) is 0 Å². The van der Waals surface area contributed by atoms with Gasteiger partial charge in [0.1, 0.15) is 0 Å². The van der Waals surface area contributed by atoms with Crippen LogP contribution in [0.1, 0.15) is 0 Å². The fourth-order valence-corrected chi connectivity index (χ4v) is 5.57. The molecular formula is C38H28N2. The van der Waals surface area contributed by atoms with Crippen molar-refractivity contribution in [1.82, 2.24) is 0 Å². The highest BCUT2D eigenvalue weighted by Crippen LogP contribution is 2.42. The number of nitrogens with zero attached hydrogens (tertiary/aromatic N) is 2. The Morgan fingerprint density at radius 1 is 0.250 bits per heavy atom. The van der Waals surface area contributed by atoms with Crippen LogP contribution in [-0.4, -0.2) is 0 Å². The van der Waals surface area contributed by atoms with E-state index in [0.29, 0.717) is 0 Å². The smallest absolute Gasteiger partial charge is 0.0540 e. The van der Waals surface area contributed by atoms with Crippen molar-refractivity contribution in [2.24, 2.45) is 0 Å². The fourth-order valence-electron chi connectivity index (χ4n) is 5.57. The van der Waals surface area contributed by atoms with Crippen molar-refractivity contribution >= 4 is 55.7 Å². The first-order valence-electron chi connectivity index (χ1n) is 13.6. The van der Waals surface area contributed by atoms with E-state index >= 15 is 0 Å². The van der Waals surface area contributed by atoms with E-state index in [0.717, 1.165) is 34.1 Å². The number of fused-ring (bicyclic) bond motifs is 2. The molecule has 0 aliphatic heterocycles. The number of para-hydroxylation sites is 2. The second kappa shape index (κ2) is 10.4. The standard InChI is InChI=1S/C38H28N2/c1-3-17-31(18-4-1)39(37-23-11-15-29-13-7-9-21-35(29)37)33-25-27-34(28-26-33)40(32-19-5-2-6-20-32)38-24-12-16-30-14-8-10-22-36(30)38/h1-28H. The predicted octanol–water partition coefficient (Wildman–Crippen LogP) is 10.9. The zero-order valence-electron chi connectivity index (χ0n) is 22.1. The van der Waals surface area contributed by atoms with Gasteiger partial charge in [-0.25, -0.2) is 0 Å². The first-order chi connectivity index (χ1) is 19.9. The Labute approximate surface area is 235 Å². The molecule has 190 valence electrons. The van der Waals surface area contributed by atoms with Gasteiger partial charge in [-0.05, 0) is 71.4 Å². The van der Waals surface area contributed by atoms with Gasteiger partial charge in [-0.1, -0.05) is 109 Å². The van der Waals surface area contributed by atoms with Crippen LogP contribution >= 0.6 is 0 Å². The summed E-state index contributed by atoms with van der Waals surface area (Å²) in [5.41, 5.74) is 6.78. The van der Waals surface area contributed by atoms with Crippen molar-refractivity contribution in [2.45, 2.75) is 0 Å². The van der Waals surface area contributed by atoms with Gasteiger partial charge in [-0.2, -0.15) is 0 Å². The Kier molecular flexibility index (Phi) is 6.20. The van der Waals surface area contributed by atoms with Crippen molar-refractivity contribution in [3.05, 3.63) is 170 Å². The number of benzene rings is 7. The van der Waals surface area contributed by atoms with Crippen LogP contribution in [0, 0.1) is 0 Å². The van der Waals surface area contributed by atoms with E-state index in [1.807, 2.05) is 0 Å². The molecule has 0 aromatic heterocycles. The van der Waals surface area contributed by atoms with Gasteiger partial charge in [0, 0.05) is 33.5 Å². The SMILES string of the molecule is c1ccc(N(c2ccc(N(c3ccccc3)c3cccc4ccccc34)cc2)c2cccc3ccccc23)cc1. The van der Waals surface area contributed by atoms with E-state index in [9.17, 15) is 0 Å². The van der Waals surface area contributed by atoms with Crippen molar-refractivity contribution in [2.75, 3.05) is 9.80 Å². The zero-order valence-corrected chi connectivity index (χ0v) is 22.1. The number of hydrogen-bond acceptors (Lipinski definition) is 2. The van der Waals surface area contributed by atoms with Crippen LogP contribution in [0.2, 0.25) is 0 Å². The summed E-state index contributed by atoms with van der Waals surface area (Å²) in [5.74, 6) is 0. The van der Waals surface area contributed by atoms with Gasteiger partial charge in [0.25, 0.3) is 0 Å². The molecule has 0 saturated carbocycles. The Balaban J connectivity index is 1.38. The lowest BCUT2D eigenvalue weighted by molar-refractivity contribution is 1.27. The summed E-state index contributed by atoms with van der Waals surface area (Å²) in [5, 5.41) is 4.90. The Bertz CT molecular complexity index is 1740. The molecule has 0 atom stereocenters. The molecule has 0 spiro atoms. The van der Waals surface area contributed by atoms with E-state index in [-0.39, 0.29) is 0 Å². The molecule has 0 unspecified atom stereocenters. The third-order valence-corrected chi connectivity index (χ3v) is 7.41. The van der Waals surface area contributed by atoms with E-state index in [1.165, 1.54) is 21.5 Å². The highest BCUT2D eigenvalue weighted by molar-refractivity contribution is 6.00. The maximum atomic E-state index is 2.34. The van der Waals surface area contributed by atoms with Gasteiger partial charge >= 0.3 is 0 Å². The lowest BCUT2D eigenvalue weighted by Crippen LogP contribution is -2.12. The first-order valence-corrected chi connectivity index (χ1v) is 13.6. The normalized spacial score (nSPS) is 11.0. The molecule has 2 nitrogen and oxygen atoms in total. The van der Waals surface area contributed by atoms with Crippen molar-refractivity contribution < 1.29 is 0 Å². The van der Waals surface area contributed by atoms with Crippen LogP contribution < -0.4 is 9.80 Å². The summed E-state index contributed by atoms with van der Waals surface area (Å²) in [6.45, 7) is 0. The summed E-state index contributed by atoms with van der Waals surface area (Å²) < 4.78 is 0. The predicted molar refractivity (Wildman–Crippen MR) is 171 cm³/mol. The summed E-state index contributed by atoms with van der Waals surface area (Å²) in [6.07, 6.45) is 0. The van der Waals surface area contributed by atoms with Crippen LogP contribution in [0.15, 0.2) is 170 Å². The molecule has 0 radical (unpaired) electrons. The van der Waals surface area contributed by atoms with Crippen LogP contribution in [0.3, 0.4) is 0 Å². The van der Waals surface area contributed by atoms with Crippen LogP contribution in [0.4, 0.5) is 34.1 Å². The molecule has 0 aliphatic carbocycles. The van der Waals surface area contributed by atoms with E-state index in [2.05, 4.69) is 180 Å². The van der Waals surface area contributed by atoms with Crippen molar-refractivity contribution in [3.8, 4) is 0 Å². The summed E-state index contributed by atoms with van der Waals surface area (Å²) in [4.78, 5) is 4.69. The molecule has 0 bridgehead atoms. The summed E-state index contributed by atoms with van der Waals surface area (Å²) in [6, 6.07) is 60.3. The van der Waals surface area contributed by atoms with Crippen molar-refractivity contribution in [3.63, 3.8) is 0 Å². The molecule has 0 heterocycles. The molecule has 40 heavy (non-hydrogen) atoms. The van der Waals surface area contributed by atoms with Gasteiger partial charge in [-0.15, -0.1) is 0 Å². The largest absolute Gasteiger partial charge is 0.310 e. The van der Waals surface area contributed by atoms with E-state index in [4.69, 9.17) is 0 Å². The number of rotatable bonds is 6. The Morgan fingerprint density at radius 3 is 1.00 bits per heavy atom. The monoisotopic (exact) mass is 512 g/mol. The molecule has 7 rings (SSSR count). The summed E-state index contributed by atoms with van der Waals surface area (Å²) >= 11 is 0. The minimum Gasteiger partial charge on any atom is -0.310 e. The third-order valence-electron chi connectivity index (χ3n) is 7.41. The molecule has 0 N–H and O–H groups in total. The molecule has 0 saturated heterocycles. The average Bonchev–Trinajstić information content (AvgIpc) is 3.03. The lowest BCUT2D eigenvalue weighted by Gasteiger charge is -2.29. The highest BCUT2D eigenvalue weighted by atomic mass is 15.2. The third kappa shape index (κ3) is 4.36. The van der Waals surface area contributed by atoms with Gasteiger partial charge in [0.05, 0.1) is 11.4 Å². The average molecular weight is 513 g/mol. The van der Waals surface area contributed by atoms with Crippen LogP contribution in [0.5, 0.6) is 0 Å². The van der Waals surface area contributed by atoms with Gasteiger partial charge in [-0.3, -0.25) is 0 Å². The van der Waals surface area contributed by atoms with Gasteiger partial charge in [0.15, 0.2) is 0 Å². The minimum absolute atomic E-state index is 1.11. The lowest BCUT2D eigenvalue weighted by atomic mass is 10.1. The quantitative estimate of drug-likeness (QED) is 0.219.